The van der Waals surface area contributed by atoms with Crippen molar-refractivity contribution in [3.8, 4) is 5.75 Å². The Morgan fingerprint density at radius 1 is 1.29 bits per heavy atom. The Morgan fingerprint density at radius 3 is 2.88 bits per heavy atom. The number of pyridine rings is 1. The van der Waals surface area contributed by atoms with Crippen LogP contribution < -0.4 is 10.1 Å². The molecule has 0 aliphatic rings. The number of para-hydroxylation sites is 2. The second-order valence-electron chi connectivity index (χ2n) is 3.57. The molecule has 88 valence electrons. The van der Waals surface area contributed by atoms with E-state index in [-0.39, 0.29) is 5.82 Å². The summed E-state index contributed by atoms with van der Waals surface area (Å²) < 4.78 is 18.1. The minimum absolute atomic E-state index is 0.329. The Morgan fingerprint density at radius 2 is 2.12 bits per heavy atom. The minimum atomic E-state index is -0.329. The van der Waals surface area contributed by atoms with Gasteiger partial charge in [-0.3, -0.25) is 4.98 Å². The average molecular weight is 232 g/mol. The molecular formula is C13H13FN2O. The predicted octanol–water partition coefficient (Wildman–Crippen LogP) is 2.84. The largest absolute Gasteiger partial charge is 0.495 e. The highest BCUT2D eigenvalue weighted by Gasteiger charge is 2.01. The van der Waals surface area contributed by atoms with Crippen molar-refractivity contribution in [3.63, 3.8) is 0 Å². The Labute approximate surface area is 99.3 Å². The van der Waals surface area contributed by atoms with E-state index in [1.807, 2.05) is 24.3 Å². The number of ether oxygens (including phenoxy) is 1. The van der Waals surface area contributed by atoms with Crippen LogP contribution in [0.3, 0.4) is 0 Å². The fourth-order valence-electron chi connectivity index (χ4n) is 1.54. The Bertz CT molecular complexity index is 502. The molecule has 0 atom stereocenters. The number of hydrogen-bond acceptors (Lipinski definition) is 3. The summed E-state index contributed by atoms with van der Waals surface area (Å²) in [6.07, 6.45) is 2.82. The molecule has 1 aromatic carbocycles. The zero-order valence-corrected chi connectivity index (χ0v) is 9.48. The van der Waals surface area contributed by atoms with Gasteiger partial charge in [0.15, 0.2) is 0 Å². The maximum Gasteiger partial charge on any atom is 0.141 e. The molecule has 0 spiro atoms. The van der Waals surface area contributed by atoms with Gasteiger partial charge in [-0.25, -0.2) is 4.39 Å². The first kappa shape index (κ1) is 11.4. The van der Waals surface area contributed by atoms with Crippen molar-refractivity contribution in [2.75, 3.05) is 12.4 Å². The molecule has 0 aliphatic heterocycles. The highest BCUT2D eigenvalue weighted by atomic mass is 19.1. The van der Waals surface area contributed by atoms with Crippen LogP contribution in [0.2, 0.25) is 0 Å². The molecule has 2 rings (SSSR count). The molecule has 2 aromatic rings. The van der Waals surface area contributed by atoms with Crippen molar-refractivity contribution in [1.82, 2.24) is 4.98 Å². The molecule has 0 aliphatic carbocycles. The van der Waals surface area contributed by atoms with E-state index in [1.165, 1.54) is 12.3 Å². The van der Waals surface area contributed by atoms with Crippen molar-refractivity contribution in [1.29, 1.82) is 0 Å². The van der Waals surface area contributed by atoms with Gasteiger partial charge < -0.3 is 10.1 Å². The molecule has 3 nitrogen and oxygen atoms in total. The third-order valence-electron chi connectivity index (χ3n) is 2.35. The minimum Gasteiger partial charge on any atom is -0.495 e. The zero-order chi connectivity index (χ0) is 12.1. The number of hydrogen-bond donors (Lipinski definition) is 1. The van der Waals surface area contributed by atoms with Crippen LogP contribution >= 0.6 is 0 Å². The normalized spacial score (nSPS) is 10.0. The first-order valence-corrected chi connectivity index (χ1v) is 5.26. The van der Waals surface area contributed by atoms with Gasteiger partial charge in [0, 0.05) is 12.7 Å². The van der Waals surface area contributed by atoms with Crippen molar-refractivity contribution in [2.45, 2.75) is 6.54 Å². The summed E-state index contributed by atoms with van der Waals surface area (Å²) in [7, 11) is 1.62. The number of halogens is 1. The van der Waals surface area contributed by atoms with Crippen LogP contribution in [-0.2, 0) is 6.54 Å². The molecule has 0 unspecified atom stereocenters. The molecule has 0 amide bonds. The van der Waals surface area contributed by atoms with Gasteiger partial charge in [-0.05, 0) is 23.8 Å². The van der Waals surface area contributed by atoms with Crippen molar-refractivity contribution < 1.29 is 9.13 Å². The summed E-state index contributed by atoms with van der Waals surface area (Å²) in [6.45, 7) is 0.505. The maximum absolute atomic E-state index is 12.9. The number of aromatic nitrogens is 1. The molecule has 4 heteroatoms. The van der Waals surface area contributed by atoms with E-state index in [2.05, 4.69) is 10.3 Å². The Kier molecular flexibility index (Phi) is 3.55. The predicted molar refractivity (Wildman–Crippen MR) is 64.5 cm³/mol. The Hall–Kier alpha value is -2.10. The lowest BCUT2D eigenvalue weighted by atomic mass is 10.2. The van der Waals surface area contributed by atoms with Crippen LogP contribution in [0.15, 0.2) is 42.7 Å². The molecule has 0 radical (unpaired) electrons. The van der Waals surface area contributed by atoms with Crippen molar-refractivity contribution >= 4 is 5.69 Å². The quantitative estimate of drug-likeness (QED) is 0.880. The first-order chi connectivity index (χ1) is 8.29. The molecule has 1 N–H and O–H groups in total. The summed E-state index contributed by atoms with van der Waals surface area (Å²) in [5, 5.41) is 3.18. The van der Waals surface area contributed by atoms with E-state index >= 15 is 0 Å². The van der Waals surface area contributed by atoms with E-state index in [0.717, 1.165) is 17.0 Å². The topological polar surface area (TPSA) is 34.1 Å². The van der Waals surface area contributed by atoms with Gasteiger partial charge in [0.1, 0.15) is 11.6 Å². The average Bonchev–Trinajstić information content (AvgIpc) is 2.37. The number of nitrogens with one attached hydrogen (secondary N) is 1. The Balaban J connectivity index is 2.07. The lowest BCUT2D eigenvalue weighted by molar-refractivity contribution is 0.416. The SMILES string of the molecule is COc1ccccc1NCc1cncc(F)c1. The van der Waals surface area contributed by atoms with Crippen molar-refractivity contribution in [3.05, 3.63) is 54.1 Å². The molecule has 0 bridgehead atoms. The third-order valence-corrected chi connectivity index (χ3v) is 2.35. The number of anilines is 1. The summed E-state index contributed by atoms with van der Waals surface area (Å²) in [5.41, 5.74) is 1.66. The smallest absolute Gasteiger partial charge is 0.141 e. The van der Waals surface area contributed by atoms with Gasteiger partial charge in [-0.2, -0.15) is 0 Å². The van der Waals surface area contributed by atoms with Crippen molar-refractivity contribution in [2.24, 2.45) is 0 Å². The van der Waals surface area contributed by atoms with Crippen LogP contribution in [-0.4, -0.2) is 12.1 Å². The maximum atomic E-state index is 12.9. The standard InChI is InChI=1S/C13H13FN2O/c1-17-13-5-3-2-4-12(13)16-8-10-6-11(14)9-15-7-10/h2-7,9,16H,8H2,1H3. The summed E-state index contributed by atoms with van der Waals surface area (Å²) in [4.78, 5) is 3.79. The van der Waals surface area contributed by atoms with E-state index in [4.69, 9.17) is 4.74 Å². The van der Waals surface area contributed by atoms with Crippen LogP contribution in [0.25, 0.3) is 0 Å². The fraction of sp³-hybridized carbons (Fsp3) is 0.154. The zero-order valence-electron chi connectivity index (χ0n) is 9.48. The van der Waals surface area contributed by atoms with Crippen LogP contribution in [0.5, 0.6) is 5.75 Å². The fourth-order valence-corrected chi connectivity index (χ4v) is 1.54. The molecule has 0 fully saturated rings. The highest BCUT2D eigenvalue weighted by Crippen LogP contribution is 2.23. The molecule has 0 saturated carbocycles. The number of rotatable bonds is 4. The van der Waals surface area contributed by atoms with E-state index in [1.54, 1.807) is 13.3 Å². The summed E-state index contributed by atoms with van der Waals surface area (Å²) in [6, 6.07) is 9.04. The van der Waals surface area contributed by atoms with Gasteiger partial charge in [0.05, 0.1) is 19.0 Å². The van der Waals surface area contributed by atoms with Gasteiger partial charge in [0.2, 0.25) is 0 Å². The summed E-state index contributed by atoms with van der Waals surface area (Å²) in [5.74, 6) is 0.432. The highest BCUT2D eigenvalue weighted by molar-refractivity contribution is 5.56. The third kappa shape index (κ3) is 2.93. The van der Waals surface area contributed by atoms with Crippen LogP contribution in [0.4, 0.5) is 10.1 Å². The van der Waals surface area contributed by atoms with E-state index in [9.17, 15) is 4.39 Å². The second-order valence-corrected chi connectivity index (χ2v) is 3.57. The van der Waals surface area contributed by atoms with Crippen LogP contribution in [0.1, 0.15) is 5.56 Å². The number of benzene rings is 1. The molecule has 0 saturated heterocycles. The lowest BCUT2D eigenvalue weighted by Crippen LogP contribution is -2.02. The molecular weight excluding hydrogens is 219 g/mol. The van der Waals surface area contributed by atoms with E-state index < -0.39 is 0 Å². The molecule has 1 aromatic heterocycles. The molecule has 17 heavy (non-hydrogen) atoms. The summed E-state index contributed by atoms with van der Waals surface area (Å²) >= 11 is 0. The van der Waals surface area contributed by atoms with Gasteiger partial charge in [-0.1, -0.05) is 12.1 Å². The van der Waals surface area contributed by atoms with Gasteiger partial charge in [0.25, 0.3) is 0 Å². The number of nitrogens with zero attached hydrogens (tertiary/aromatic N) is 1. The second kappa shape index (κ2) is 5.30. The first-order valence-electron chi connectivity index (χ1n) is 5.26. The lowest BCUT2D eigenvalue weighted by Gasteiger charge is -2.10. The van der Waals surface area contributed by atoms with Gasteiger partial charge in [-0.15, -0.1) is 0 Å². The van der Waals surface area contributed by atoms with Crippen LogP contribution in [0, 0.1) is 5.82 Å². The van der Waals surface area contributed by atoms with Gasteiger partial charge >= 0.3 is 0 Å². The monoisotopic (exact) mass is 232 g/mol. The number of methoxy groups -OCH3 is 1. The molecule has 1 heterocycles. The van der Waals surface area contributed by atoms with E-state index in [0.29, 0.717) is 6.54 Å².